The van der Waals surface area contributed by atoms with Crippen LogP contribution < -0.4 is 0 Å². The molecule has 0 N–H and O–H groups in total. The summed E-state index contributed by atoms with van der Waals surface area (Å²) in [4.78, 5) is 2.54. The Morgan fingerprint density at radius 2 is 2.21 bits per heavy atom. The molecule has 5 nitrogen and oxygen atoms in total. The third kappa shape index (κ3) is 2.96. The Balaban J connectivity index is 1.53. The molecule has 0 saturated carbocycles. The van der Waals surface area contributed by atoms with Crippen molar-refractivity contribution in [2.75, 3.05) is 32.8 Å². The van der Waals surface area contributed by atoms with Gasteiger partial charge in [0.2, 0.25) is 0 Å². The third-order valence-electron chi connectivity index (χ3n) is 4.21. The largest absolute Gasteiger partial charge is 0.381 e. The van der Waals surface area contributed by atoms with E-state index in [4.69, 9.17) is 10.00 Å². The minimum Gasteiger partial charge on any atom is -0.381 e. The molecule has 1 unspecified atom stereocenters. The zero-order chi connectivity index (χ0) is 13.1. The number of aromatic nitrogens is 2. The quantitative estimate of drug-likeness (QED) is 0.825. The molecule has 0 amide bonds. The van der Waals surface area contributed by atoms with E-state index in [2.05, 4.69) is 16.1 Å². The van der Waals surface area contributed by atoms with Gasteiger partial charge in [0.05, 0.1) is 17.8 Å². The number of hydrogen-bond acceptors (Lipinski definition) is 4. The number of hydrogen-bond donors (Lipinski definition) is 0. The van der Waals surface area contributed by atoms with Gasteiger partial charge in [-0.1, -0.05) is 0 Å². The lowest BCUT2D eigenvalue weighted by atomic mass is 10.00. The molecule has 2 saturated heterocycles. The zero-order valence-electron chi connectivity index (χ0n) is 11.2. The fourth-order valence-electron chi connectivity index (χ4n) is 3.08. The van der Waals surface area contributed by atoms with Gasteiger partial charge in [0.1, 0.15) is 6.07 Å². The molecule has 0 spiro atoms. The maximum atomic E-state index is 8.84. The fraction of sp³-hybridized carbons (Fsp3) is 0.714. The van der Waals surface area contributed by atoms with E-state index in [0.717, 1.165) is 38.6 Å². The van der Waals surface area contributed by atoms with Gasteiger partial charge in [0, 0.05) is 39.0 Å². The van der Waals surface area contributed by atoms with Crippen LogP contribution in [-0.2, 0) is 4.74 Å². The Bertz CT molecular complexity index is 458. The average Bonchev–Trinajstić information content (AvgIpc) is 3.08. The maximum Gasteiger partial charge on any atom is 0.102 e. The molecule has 2 aliphatic heterocycles. The van der Waals surface area contributed by atoms with Crippen molar-refractivity contribution >= 4 is 0 Å². The van der Waals surface area contributed by atoms with Crippen LogP contribution in [0.1, 0.15) is 30.9 Å². The van der Waals surface area contributed by atoms with Crippen molar-refractivity contribution in [1.29, 1.82) is 5.26 Å². The number of ether oxygens (including phenoxy) is 1. The molecule has 0 bridgehead atoms. The molecule has 0 radical (unpaired) electrons. The van der Waals surface area contributed by atoms with Crippen molar-refractivity contribution in [2.24, 2.45) is 5.92 Å². The average molecular weight is 260 g/mol. The van der Waals surface area contributed by atoms with Crippen LogP contribution in [0.5, 0.6) is 0 Å². The molecule has 2 aliphatic rings. The van der Waals surface area contributed by atoms with Gasteiger partial charge in [-0.3, -0.25) is 4.68 Å². The van der Waals surface area contributed by atoms with Crippen LogP contribution in [-0.4, -0.2) is 47.5 Å². The van der Waals surface area contributed by atoms with Crippen molar-refractivity contribution in [3.8, 4) is 6.07 Å². The van der Waals surface area contributed by atoms with Crippen LogP contribution in [0.4, 0.5) is 0 Å². The molecule has 0 aromatic carbocycles. The lowest BCUT2D eigenvalue weighted by molar-refractivity contribution is 0.0551. The number of rotatable bonds is 3. The van der Waals surface area contributed by atoms with Gasteiger partial charge in [0.25, 0.3) is 0 Å². The van der Waals surface area contributed by atoms with E-state index in [1.807, 2.05) is 10.9 Å². The predicted molar refractivity (Wildman–Crippen MR) is 70.6 cm³/mol. The smallest absolute Gasteiger partial charge is 0.102 e. The number of likely N-dealkylation sites (tertiary alicyclic amines) is 1. The first kappa shape index (κ1) is 12.6. The van der Waals surface area contributed by atoms with E-state index in [-0.39, 0.29) is 0 Å². The Hall–Kier alpha value is -1.38. The summed E-state index contributed by atoms with van der Waals surface area (Å²) in [5, 5.41) is 13.1. The summed E-state index contributed by atoms with van der Waals surface area (Å²) in [7, 11) is 0. The Morgan fingerprint density at radius 1 is 1.37 bits per heavy atom. The number of nitrogens with zero attached hydrogens (tertiary/aromatic N) is 4. The van der Waals surface area contributed by atoms with E-state index in [0.29, 0.717) is 11.6 Å². The van der Waals surface area contributed by atoms with E-state index < -0.39 is 0 Å². The second kappa shape index (κ2) is 5.72. The highest BCUT2D eigenvalue weighted by molar-refractivity contribution is 5.22. The van der Waals surface area contributed by atoms with Crippen LogP contribution in [0.15, 0.2) is 12.4 Å². The third-order valence-corrected chi connectivity index (χ3v) is 4.21. The zero-order valence-corrected chi connectivity index (χ0v) is 11.2. The van der Waals surface area contributed by atoms with Crippen LogP contribution in [0.25, 0.3) is 0 Å². The topological polar surface area (TPSA) is 54.1 Å². The Kier molecular flexibility index (Phi) is 3.81. The summed E-state index contributed by atoms with van der Waals surface area (Å²) in [5.41, 5.74) is 0.655. The van der Waals surface area contributed by atoms with Gasteiger partial charge < -0.3 is 9.64 Å². The van der Waals surface area contributed by atoms with Gasteiger partial charge >= 0.3 is 0 Å². The summed E-state index contributed by atoms with van der Waals surface area (Å²) >= 11 is 0. The maximum absolute atomic E-state index is 8.84. The SMILES string of the molecule is N#Cc1cnn(C2CCN(CC3CCOCC3)C2)c1. The summed E-state index contributed by atoms with van der Waals surface area (Å²) in [6.07, 6.45) is 7.04. The van der Waals surface area contributed by atoms with Crippen molar-refractivity contribution in [1.82, 2.24) is 14.7 Å². The van der Waals surface area contributed by atoms with Crippen LogP contribution in [0.2, 0.25) is 0 Å². The molecule has 1 aromatic heterocycles. The lowest BCUT2D eigenvalue weighted by Crippen LogP contribution is -2.31. The summed E-state index contributed by atoms with van der Waals surface area (Å²) in [5.74, 6) is 0.791. The first-order valence-electron chi connectivity index (χ1n) is 7.09. The van der Waals surface area contributed by atoms with Crippen molar-refractivity contribution < 1.29 is 4.74 Å². The van der Waals surface area contributed by atoms with Gasteiger partial charge in [-0.15, -0.1) is 0 Å². The molecule has 2 fully saturated rings. The Labute approximate surface area is 113 Å². The standard InChI is InChI=1S/C14H20N4O/c15-7-13-8-16-18(10-13)14-1-4-17(11-14)9-12-2-5-19-6-3-12/h8,10,12,14H,1-6,9,11H2. The monoisotopic (exact) mass is 260 g/mol. The Morgan fingerprint density at radius 3 is 2.95 bits per heavy atom. The summed E-state index contributed by atoms with van der Waals surface area (Å²) in [6, 6.07) is 2.57. The molecular weight excluding hydrogens is 240 g/mol. The molecular formula is C14H20N4O. The summed E-state index contributed by atoms with van der Waals surface area (Å²) < 4.78 is 7.37. The summed E-state index contributed by atoms with van der Waals surface area (Å²) in [6.45, 7) is 5.24. The second-order valence-corrected chi connectivity index (χ2v) is 5.58. The van der Waals surface area contributed by atoms with Crippen molar-refractivity contribution in [3.05, 3.63) is 18.0 Å². The number of nitriles is 1. The molecule has 3 heterocycles. The van der Waals surface area contributed by atoms with Crippen molar-refractivity contribution in [3.63, 3.8) is 0 Å². The van der Waals surface area contributed by atoms with Crippen molar-refractivity contribution in [2.45, 2.75) is 25.3 Å². The predicted octanol–water partition coefficient (Wildman–Crippen LogP) is 1.43. The van der Waals surface area contributed by atoms with Crippen LogP contribution >= 0.6 is 0 Å². The molecule has 5 heteroatoms. The van der Waals surface area contributed by atoms with Gasteiger partial charge in [0.15, 0.2) is 0 Å². The molecule has 0 aliphatic carbocycles. The molecule has 1 aromatic rings. The first-order valence-corrected chi connectivity index (χ1v) is 7.09. The van der Waals surface area contributed by atoms with Gasteiger partial charge in [-0.25, -0.2) is 0 Å². The normalized spacial score (nSPS) is 25.5. The second-order valence-electron chi connectivity index (χ2n) is 5.58. The molecule has 102 valence electrons. The molecule has 1 atom stereocenters. The highest BCUT2D eigenvalue weighted by atomic mass is 16.5. The first-order chi connectivity index (χ1) is 9.35. The van der Waals surface area contributed by atoms with E-state index >= 15 is 0 Å². The van der Waals surface area contributed by atoms with Gasteiger partial charge in [-0.05, 0) is 25.2 Å². The van der Waals surface area contributed by atoms with E-state index in [1.165, 1.54) is 19.4 Å². The van der Waals surface area contributed by atoms with E-state index in [1.54, 1.807) is 6.20 Å². The van der Waals surface area contributed by atoms with Gasteiger partial charge in [-0.2, -0.15) is 10.4 Å². The van der Waals surface area contributed by atoms with E-state index in [9.17, 15) is 0 Å². The lowest BCUT2D eigenvalue weighted by Gasteiger charge is -2.26. The minimum atomic E-state index is 0.432. The fourth-order valence-corrected chi connectivity index (χ4v) is 3.08. The molecule has 19 heavy (non-hydrogen) atoms. The highest BCUT2D eigenvalue weighted by Gasteiger charge is 2.27. The van der Waals surface area contributed by atoms with Crippen LogP contribution in [0.3, 0.4) is 0 Å². The van der Waals surface area contributed by atoms with Crippen LogP contribution in [0, 0.1) is 17.2 Å². The minimum absolute atomic E-state index is 0.432. The highest BCUT2D eigenvalue weighted by Crippen LogP contribution is 2.24. The molecule has 3 rings (SSSR count).